The third-order valence-electron chi connectivity index (χ3n) is 3.90. The summed E-state index contributed by atoms with van der Waals surface area (Å²) in [5, 5.41) is 11.9. The predicted octanol–water partition coefficient (Wildman–Crippen LogP) is 2.27. The lowest BCUT2D eigenvalue weighted by Crippen LogP contribution is -2.34. The average Bonchev–Trinajstić information content (AvgIpc) is 3.11. The zero-order chi connectivity index (χ0) is 12.6. The zero-order valence-corrected chi connectivity index (χ0v) is 10.7. The van der Waals surface area contributed by atoms with E-state index in [-0.39, 0.29) is 11.8 Å². The summed E-state index contributed by atoms with van der Waals surface area (Å²) in [6.07, 6.45) is 4.28. The number of aliphatic hydroxyl groups excluding tert-OH is 1. The molecular formula is C15H19NO2. The second-order valence-electron chi connectivity index (χ2n) is 5.10. The van der Waals surface area contributed by atoms with Crippen LogP contribution in [0.2, 0.25) is 0 Å². The number of hydrogen-bond acceptors (Lipinski definition) is 3. The maximum atomic E-state index is 9.85. The van der Waals surface area contributed by atoms with Crippen molar-refractivity contribution in [3.05, 3.63) is 47.5 Å². The Hall–Kier alpha value is -1.16. The fourth-order valence-electron chi connectivity index (χ4n) is 2.85. The van der Waals surface area contributed by atoms with Crippen molar-refractivity contribution in [2.45, 2.75) is 38.0 Å². The van der Waals surface area contributed by atoms with Gasteiger partial charge in [0.15, 0.2) is 5.72 Å². The standard InChI is InChI=1S/C15H19NO2/c1-2-13(10-12-6-4-3-5-7-12)15-11-14(17)8-9-16(15)18-15/h2-7,14,17H,8-11H2,1H3. The van der Waals surface area contributed by atoms with Gasteiger partial charge in [-0.3, -0.25) is 4.84 Å². The van der Waals surface area contributed by atoms with Crippen LogP contribution < -0.4 is 0 Å². The summed E-state index contributed by atoms with van der Waals surface area (Å²) in [6, 6.07) is 10.4. The van der Waals surface area contributed by atoms with Crippen LogP contribution in [0.25, 0.3) is 0 Å². The lowest BCUT2D eigenvalue weighted by atomic mass is 9.89. The van der Waals surface area contributed by atoms with E-state index in [1.165, 1.54) is 11.1 Å². The summed E-state index contributed by atoms with van der Waals surface area (Å²) in [4.78, 5) is 5.77. The minimum absolute atomic E-state index is 0.241. The molecule has 3 rings (SSSR count). The first-order valence-electron chi connectivity index (χ1n) is 6.59. The van der Waals surface area contributed by atoms with Crippen LogP contribution in [0.15, 0.2) is 42.0 Å². The minimum atomic E-state index is -0.317. The van der Waals surface area contributed by atoms with Gasteiger partial charge >= 0.3 is 0 Å². The van der Waals surface area contributed by atoms with Crippen LogP contribution in [-0.4, -0.2) is 28.5 Å². The summed E-state index contributed by atoms with van der Waals surface area (Å²) in [5.41, 5.74) is 2.23. The van der Waals surface area contributed by atoms with Crippen molar-refractivity contribution in [2.24, 2.45) is 0 Å². The molecule has 3 atom stereocenters. The molecule has 2 heterocycles. The summed E-state index contributed by atoms with van der Waals surface area (Å²) < 4.78 is 0. The Morgan fingerprint density at radius 3 is 3.00 bits per heavy atom. The topological polar surface area (TPSA) is 35.8 Å². The maximum absolute atomic E-state index is 9.85. The highest BCUT2D eigenvalue weighted by molar-refractivity contribution is 5.29. The van der Waals surface area contributed by atoms with E-state index in [2.05, 4.69) is 30.3 Å². The monoisotopic (exact) mass is 245 g/mol. The van der Waals surface area contributed by atoms with Crippen molar-refractivity contribution in [3.63, 3.8) is 0 Å². The van der Waals surface area contributed by atoms with Gasteiger partial charge in [0.1, 0.15) is 0 Å². The lowest BCUT2D eigenvalue weighted by molar-refractivity contribution is 0.105. The number of hydroxylamine groups is 2. The molecule has 0 radical (unpaired) electrons. The third-order valence-corrected chi connectivity index (χ3v) is 3.90. The molecular weight excluding hydrogens is 226 g/mol. The number of aliphatic hydroxyl groups is 1. The van der Waals surface area contributed by atoms with Gasteiger partial charge in [0.25, 0.3) is 0 Å². The molecule has 1 aromatic rings. The minimum Gasteiger partial charge on any atom is -0.393 e. The predicted molar refractivity (Wildman–Crippen MR) is 69.7 cm³/mol. The van der Waals surface area contributed by atoms with Crippen LogP contribution in [0.1, 0.15) is 25.3 Å². The second-order valence-corrected chi connectivity index (χ2v) is 5.10. The van der Waals surface area contributed by atoms with E-state index < -0.39 is 0 Å². The molecule has 1 N–H and O–H groups in total. The number of benzene rings is 1. The van der Waals surface area contributed by atoms with Crippen molar-refractivity contribution >= 4 is 0 Å². The highest BCUT2D eigenvalue weighted by Crippen LogP contribution is 2.49. The van der Waals surface area contributed by atoms with Crippen molar-refractivity contribution in [1.82, 2.24) is 5.06 Å². The Labute approximate surface area is 108 Å². The molecule has 18 heavy (non-hydrogen) atoms. The smallest absolute Gasteiger partial charge is 0.189 e. The molecule has 3 heteroatoms. The van der Waals surface area contributed by atoms with Gasteiger partial charge in [0.2, 0.25) is 0 Å². The largest absolute Gasteiger partial charge is 0.393 e. The van der Waals surface area contributed by atoms with Crippen molar-refractivity contribution in [3.8, 4) is 0 Å². The quantitative estimate of drug-likeness (QED) is 0.655. The number of piperidine rings is 1. The molecule has 3 unspecified atom stereocenters. The number of fused-ring (bicyclic) bond motifs is 1. The van der Waals surface area contributed by atoms with Gasteiger partial charge in [-0.2, -0.15) is 0 Å². The van der Waals surface area contributed by atoms with Gasteiger partial charge in [0.05, 0.1) is 6.10 Å². The van der Waals surface area contributed by atoms with Crippen LogP contribution >= 0.6 is 0 Å². The van der Waals surface area contributed by atoms with Crippen molar-refractivity contribution in [2.75, 3.05) is 6.54 Å². The molecule has 96 valence electrons. The summed E-state index contributed by atoms with van der Waals surface area (Å²) in [7, 11) is 0. The lowest BCUT2D eigenvalue weighted by Gasteiger charge is -2.24. The van der Waals surface area contributed by atoms with Crippen LogP contribution in [0.3, 0.4) is 0 Å². The number of rotatable bonds is 3. The van der Waals surface area contributed by atoms with Crippen LogP contribution in [0, 0.1) is 0 Å². The van der Waals surface area contributed by atoms with Gasteiger partial charge in [0, 0.05) is 13.0 Å². The third kappa shape index (κ3) is 1.99. The van der Waals surface area contributed by atoms with Crippen LogP contribution in [0.4, 0.5) is 0 Å². The molecule has 0 aliphatic carbocycles. The maximum Gasteiger partial charge on any atom is 0.189 e. The molecule has 2 saturated heterocycles. The number of allylic oxidation sites excluding steroid dienone is 1. The fraction of sp³-hybridized carbons (Fsp3) is 0.467. The first kappa shape index (κ1) is 11.9. The number of hydrogen-bond donors (Lipinski definition) is 1. The summed E-state index contributed by atoms with van der Waals surface area (Å²) in [5.74, 6) is 0. The molecule has 0 saturated carbocycles. The highest BCUT2D eigenvalue weighted by Gasteiger charge is 2.60. The summed E-state index contributed by atoms with van der Waals surface area (Å²) >= 11 is 0. The van der Waals surface area contributed by atoms with E-state index >= 15 is 0 Å². The average molecular weight is 245 g/mol. The molecule has 2 fully saturated rings. The Bertz CT molecular complexity index is 457. The zero-order valence-electron chi connectivity index (χ0n) is 10.7. The SMILES string of the molecule is CC=C(Cc1ccccc1)C12CC(O)CCN1O2. The van der Waals surface area contributed by atoms with Crippen molar-refractivity contribution < 1.29 is 9.94 Å². The highest BCUT2D eigenvalue weighted by atomic mass is 16.9. The van der Waals surface area contributed by atoms with E-state index in [1.54, 1.807) is 0 Å². The van der Waals surface area contributed by atoms with E-state index in [1.807, 2.05) is 18.1 Å². The molecule has 0 aromatic heterocycles. The Morgan fingerprint density at radius 2 is 2.28 bits per heavy atom. The van der Waals surface area contributed by atoms with E-state index in [4.69, 9.17) is 4.84 Å². The fourth-order valence-corrected chi connectivity index (χ4v) is 2.85. The molecule has 0 amide bonds. The number of nitrogens with zero attached hydrogens (tertiary/aromatic N) is 1. The van der Waals surface area contributed by atoms with Gasteiger partial charge in [-0.15, -0.1) is 5.06 Å². The first-order valence-corrected chi connectivity index (χ1v) is 6.59. The second kappa shape index (κ2) is 4.50. The van der Waals surface area contributed by atoms with Crippen molar-refractivity contribution in [1.29, 1.82) is 0 Å². The molecule has 3 nitrogen and oxygen atoms in total. The van der Waals surface area contributed by atoms with Gasteiger partial charge in [-0.25, -0.2) is 0 Å². The van der Waals surface area contributed by atoms with E-state index in [0.29, 0.717) is 6.42 Å². The molecule has 0 spiro atoms. The van der Waals surface area contributed by atoms with Gasteiger partial charge < -0.3 is 5.11 Å². The molecule has 2 aliphatic rings. The molecule has 1 aromatic carbocycles. The van der Waals surface area contributed by atoms with E-state index in [9.17, 15) is 5.11 Å². The molecule has 2 aliphatic heterocycles. The Kier molecular flexibility index (Phi) is 2.98. The Morgan fingerprint density at radius 1 is 1.50 bits per heavy atom. The summed E-state index contributed by atoms with van der Waals surface area (Å²) in [6.45, 7) is 2.88. The van der Waals surface area contributed by atoms with Crippen LogP contribution in [-0.2, 0) is 11.3 Å². The first-order chi connectivity index (χ1) is 8.74. The Balaban J connectivity index is 1.78. The van der Waals surface area contributed by atoms with E-state index in [0.717, 1.165) is 19.4 Å². The van der Waals surface area contributed by atoms with Gasteiger partial charge in [-0.05, 0) is 30.9 Å². The van der Waals surface area contributed by atoms with Crippen LogP contribution in [0.5, 0.6) is 0 Å². The van der Waals surface area contributed by atoms with Gasteiger partial charge in [-0.1, -0.05) is 36.4 Å². The molecule has 0 bridgehead atoms. The normalized spacial score (nSPS) is 35.1.